The standard InChI is InChI=1S/C20H30O2/c1-12-10-17-15-5-4-13-11-14(21)6-8-19(13,2)16(15)7-9-20(17,3)18(12)22/h11-12,15-18,22H,4-10H2,1-3H3/t12?,15-,16+,17+,18+,19+,20+/m1/s1/i2D3,3D3. The third-order valence-corrected chi connectivity index (χ3v) is 7.31. The maximum absolute atomic E-state index is 12.0. The molecule has 3 fully saturated rings. The Morgan fingerprint density at radius 2 is 2.09 bits per heavy atom. The lowest BCUT2D eigenvalue weighted by Gasteiger charge is -2.57. The molecule has 0 aromatic heterocycles. The average molecular weight is 308 g/mol. The van der Waals surface area contributed by atoms with E-state index in [1.54, 1.807) is 6.08 Å². The minimum Gasteiger partial charge on any atom is -0.392 e. The zero-order chi connectivity index (χ0) is 20.7. The fourth-order valence-electron chi connectivity index (χ4n) is 6.18. The summed E-state index contributed by atoms with van der Waals surface area (Å²) < 4.78 is 49.9. The Balaban J connectivity index is 1.82. The van der Waals surface area contributed by atoms with E-state index in [9.17, 15) is 9.90 Å². The Labute approximate surface area is 142 Å². The Kier molecular flexibility index (Phi) is 2.05. The van der Waals surface area contributed by atoms with Crippen molar-refractivity contribution in [3.05, 3.63) is 11.6 Å². The molecule has 0 amide bonds. The molecule has 122 valence electrons. The topological polar surface area (TPSA) is 37.3 Å². The molecule has 2 nitrogen and oxygen atoms in total. The number of hydrogen-bond donors (Lipinski definition) is 1. The summed E-state index contributed by atoms with van der Waals surface area (Å²) in [5.74, 6) is -0.462. The number of aliphatic hydroxyl groups excluding tert-OH is 1. The van der Waals surface area contributed by atoms with Crippen LogP contribution in [-0.4, -0.2) is 17.0 Å². The van der Waals surface area contributed by atoms with Crippen molar-refractivity contribution in [1.82, 2.24) is 0 Å². The zero-order valence-corrected chi connectivity index (χ0v) is 13.3. The first-order chi connectivity index (χ1) is 12.9. The number of hydrogen-bond acceptors (Lipinski definition) is 2. The van der Waals surface area contributed by atoms with E-state index in [0.717, 1.165) is 5.57 Å². The summed E-state index contributed by atoms with van der Waals surface area (Å²) in [6.07, 6.45) is 4.00. The molecule has 0 heterocycles. The summed E-state index contributed by atoms with van der Waals surface area (Å²) in [6.45, 7) is -2.57. The SMILES string of the molecule is [2H]C([2H])([2H])[C@]12CC[C@H]3[C@@H](CCC4=CC(=O)CC[C@@]43C([2H])([2H])[2H])[C@@H]1CC(C)[C@@H]2O. The minimum atomic E-state index is -2.27. The van der Waals surface area contributed by atoms with Crippen LogP contribution >= 0.6 is 0 Å². The van der Waals surface area contributed by atoms with Crippen LogP contribution in [-0.2, 0) is 4.79 Å². The van der Waals surface area contributed by atoms with Gasteiger partial charge in [0.15, 0.2) is 5.78 Å². The second-order valence-corrected chi connectivity index (χ2v) is 8.26. The molecule has 0 spiro atoms. The van der Waals surface area contributed by atoms with Gasteiger partial charge in [0, 0.05) is 14.6 Å². The van der Waals surface area contributed by atoms with Gasteiger partial charge >= 0.3 is 0 Å². The fourth-order valence-corrected chi connectivity index (χ4v) is 6.18. The van der Waals surface area contributed by atoms with Crippen LogP contribution in [0, 0.1) is 34.5 Å². The zero-order valence-electron chi connectivity index (χ0n) is 19.3. The minimum absolute atomic E-state index is 0.00545. The molecule has 0 bridgehead atoms. The first-order valence-corrected chi connectivity index (χ1v) is 8.78. The number of rotatable bonds is 0. The predicted octanol–water partition coefficient (Wildman–Crippen LogP) is 4.13. The highest BCUT2D eigenvalue weighted by molar-refractivity contribution is 5.91. The molecule has 0 aromatic carbocycles. The number of carbonyl (C=O) groups is 1. The normalized spacial score (nSPS) is 59.5. The van der Waals surface area contributed by atoms with Gasteiger partial charge in [-0.2, -0.15) is 0 Å². The van der Waals surface area contributed by atoms with Crippen LogP contribution in [0.5, 0.6) is 0 Å². The molecule has 2 heteroatoms. The van der Waals surface area contributed by atoms with E-state index in [1.165, 1.54) is 0 Å². The van der Waals surface area contributed by atoms with Crippen LogP contribution < -0.4 is 0 Å². The van der Waals surface area contributed by atoms with E-state index in [0.29, 0.717) is 38.5 Å². The van der Waals surface area contributed by atoms with Gasteiger partial charge in [0.1, 0.15) is 0 Å². The Hall–Kier alpha value is -0.630. The average Bonchev–Trinajstić information content (AvgIpc) is 2.85. The molecule has 4 aliphatic carbocycles. The van der Waals surface area contributed by atoms with E-state index >= 15 is 0 Å². The number of aliphatic hydroxyl groups is 1. The number of ketones is 1. The van der Waals surface area contributed by atoms with Crippen molar-refractivity contribution in [2.75, 3.05) is 0 Å². The van der Waals surface area contributed by atoms with E-state index < -0.39 is 30.6 Å². The van der Waals surface area contributed by atoms with Crippen molar-refractivity contribution in [3.8, 4) is 0 Å². The summed E-state index contributed by atoms with van der Waals surface area (Å²) in [6, 6.07) is 0. The Morgan fingerprint density at radius 3 is 2.86 bits per heavy atom. The molecule has 7 atom stereocenters. The lowest BCUT2D eigenvalue weighted by Crippen LogP contribution is -2.51. The van der Waals surface area contributed by atoms with Gasteiger partial charge in [-0.1, -0.05) is 26.2 Å². The van der Waals surface area contributed by atoms with Crippen molar-refractivity contribution in [1.29, 1.82) is 0 Å². The second kappa shape index (κ2) is 4.69. The van der Waals surface area contributed by atoms with Gasteiger partial charge in [0.05, 0.1) is 6.10 Å². The largest absolute Gasteiger partial charge is 0.392 e. The molecule has 0 radical (unpaired) electrons. The number of carbonyl (C=O) groups excluding carboxylic acids is 1. The second-order valence-electron chi connectivity index (χ2n) is 8.26. The van der Waals surface area contributed by atoms with E-state index in [1.807, 2.05) is 6.92 Å². The third-order valence-electron chi connectivity index (χ3n) is 7.31. The van der Waals surface area contributed by atoms with Crippen LogP contribution in [0.3, 0.4) is 0 Å². The molecule has 4 aliphatic rings. The molecule has 0 aromatic rings. The highest BCUT2D eigenvalue weighted by Crippen LogP contribution is 2.65. The van der Waals surface area contributed by atoms with Gasteiger partial charge in [-0.25, -0.2) is 0 Å². The van der Waals surface area contributed by atoms with Gasteiger partial charge < -0.3 is 5.11 Å². The van der Waals surface area contributed by atoms with Crippen LogP contribution in [0.2, 0.25) is 0 Å². The lowest BCUT2D eigenvalue weighted by molar-refractivity contribution is -0.118. The van der Waals surface area contributed by atoms with E-state index in [-0.39, 0.29) is 35.9 Å². The third kappa shape index (κ3) is 1.79. The molecule has 0 aliphatic heterocycles. The molecular weight excluding hydrogens is 272 g/mol. The molecular formula is C20H30O2. The summed E-state index contributed by atoms with van der Waals surface area (Å²) in [4.78, 5) is 12.0. The first kappa shape index (κ1) is 9.61. The maximum Gasteiger partial charge on any atom is 0.155 e. The summed E-state index contributed by atoms with van der Waals surface area (Å²) in [5, 5.41) is 10.9. The van der Waals surface area contributed by atoms with Gasteiger partial charge in [-0.15, -0.1) is 0 Å². The highest BCUT2D eigenvalue weighted by Gasteiger charge is 2.60. The number of fused-ring (bicyclic) bond motifs is 5. The fraction of sp³-hybridized carbons (Fsp3) is 0.850. The molecule has 22 heavy (non-hydrogen) atoms. The first-order valence-electron chi connectivity index (χ1n) is 11.8. The summed E-state index contributed by atoms with van der Waals surface area (Å²) >= 11 is 0. The van der Waals surface area contributed by atoms with Crippen LogP contribution in [0.1, 0.15) is 73.8 Å². The Morgan fingerprint density at radius 1 is 1.23 bits per heavy atom. The quantitative estimate of drug-likeness (QED) is 0.730. The smallest absolute Gasteiger partial charge is 0.155 e. The molecule has 3 saturated carbocycles. The molecule has 0 saturated heterocycles. The molecule has 1 N–H and O–H groups in total. The van der Waals surface area contributed by atoms with Gasteiger partial charge in [0.2, 0.25) is 0 Å². The van der Waals surface area contributed by atoms with Crippen LogP contribution in [0.15, 0.2) is 11.6 Å². The van der Waals surface area contributed by atoms with Crippen molar-refractivity contribution in [2.45, 2.75) is 71.7 Å². The molecule has 1 unspecified atom stereocenters. The summed E-state index contributed by atoms with van der Waals surface area (Å²) in [5.41, 5.74) is -1.38. The predicted molar refractivity (Wildman–Crippen MR) is 87.3 cm³/mol. The van der Waals surface area contributed by atoms with E-state index in [4.69, 9.17) is 8.22 Å². The van der Waals surface area contributed by atoms with Gasteiger partial charge in [0.25, 0.3) is 0 Å². The van der Waals surface area contributed by atoms with Crippen molar-refractivity contribution < 1.29 is 18.1 Å². The molecule has 4 rings (SSSR count). The maximum atomic E-state index is 12.0. The van der Waals surface area contributed by atoms with Crippen molar-refractivity contribution in [3.63, 3.8) is 0 Å². The lowest BCUT2D eigenvalue weighted by atomic mass is 9.47. The Bertz CT molecular complexity index is 710. The van der Waals surface area contributed by atoms with Gasteiger partial charge in [-0.3, -0.25) is 4.79 Å². The monoisotopic (exact) mass is 308 g/mol. The highest BCUT2D eigenvalue weighted by atomic mass is 16.3. The van der Waals surface area contributed by atoms with E-state index in [2.05, 4.69) is 0 Å². The van der Waals surface area contributed by atoms with Gasteiger partial charge in [-0.05, 0) is 79.1 Å². The van der Waals surface area contributed by atoms with Crippen LogP contribution in [0.4, 0.5) is 0 Å². The number of allylic oxidation sites excluding steroid dienone is 1. The van der Waals surface area contributed by atoms with Crippen molar-refractivity contribution >= 4 is 5.78 Å². The summed E-state index contributed by atoms with van der Waals surface area (Å²) in [7, 11) is 0. The van der Waals surface area contributed by atoms with Crippen LogP contribution in [0.25, 0.3) is 0 Å². The van der Waals surface area contributed by atoms with Crippen molar-refractivity contribution in [2.24, 2.45) is 34.5 Å².